The molecule has 0 atom stereocenters. The molecule has 1 heterocycles. The van der Waals surface area contributed by atoms with Gasteiger partial charge in [0.25, 0.3) is 0 Å². The Hall–Kier alpha value is -2.28. The van der Waals surface area contributed by atoms with Crippen molar-refractivity contribution >= 4 is 21.6 Å². The maximum absolute atomic E-state index is 13.3. The SMILES string of the molecule is Nc1cccc(-c2nnnn2-c2cccc(F)c2)c1Br. The van der Waals surface area contributed by atoms with Crippen molar-refractivity contribution in [2.45, 2.75) is 0 Å². The van der Waals surface area contributed by atoms with Crippen molar-refractivity contribution in [3.63, 3.8) is 0 Å². The number of aromatic nitrogens is 4. The topological polar surface area (TPSA) is 69.6 Å². The summed E-state index contributed by atoms with van der Waals surface area (Å²) in [6.07, 6.45) is 0. The minimum Gasteiger partial charge on any atom is -0.398 e. The molecule has 2 N–H and O–H groups in total. The molecular formula is C13H9BrFN5. The van der Waals surface area contributed by atoms with Crippen LogP contribution < -0.4 is 5.73 Å². The van der Waals surface area contributed by atoms with Gasteiger partial charge in [-0.1, -0.05) is 12.1 Å². The third-order valence-corrected chi connectivity index (χ3v) is 3.68. The quantitative estimate of drug-likeness (QED) is 0.732. The lowest BCUT2D eigenvalue weighted by atomic mass is 10.2. The summed E-state index contributed by atoms with van der Waals surface area (Å²) in [6.45, 7) is 0. The lowest BCUT2D eigenvalue weighted by molar-refractivity contribution is 0.625. The van der Waals surface area contributed by atoms with Gasteiger partial charge in [0.2, 0.25) is 0 Å². The predicted octanol–water partition coefficient (Wildman–Crippen LogP) is 2.81. The number of halogens is 2. The van der Waals surface area contributed by atoms with Crippen LogP contribution in [0.4, 0.5) is 10.1 Å². The Morgan fingerprint density at radius 2 is 1.95 bits per heavy atom. The molecule has 0 bridgehead atoms. The maximum Gasteiger partial charge on any atom is 0.188 e. The van der Waals surface area contributed by atoms with Gasteiger partial charge in [0.1, 0.15) is 5.82 Å². The number of benzene rings is 2. The van der Waals surface area contributed by atoms with E-state index in [0.717, 1.165) is 5.56 Å². The average molecular weight is 334 g/mol. The van der Waals surface area contributed by atoms with Crippen molar-refractivity contribution in [1.29, 1.82) is 0 Å². The van der Waals surface area contributed by atoms with Gasteiger partial charge in [-0.05, 0) is 56.7 Å². The van der Waals surface area contributed by atoms with Gasteiger partial charge in [0.15, 0.2) is 5.82 Å². The van der Waals surface area contributed by atoms with E-state index >= 15 is 0 Å². The zero-order valence-corrected chi connectivity index (χ0v) is 11.7. The summed E-state index contributed by atoms with van der Waals surface area (Å²) in [4.78, 5) is 0. The van der Waals surface area contributed by atoms with Gasteiger partial charge in [-0.15, -0.1) is 5.10 Å². The number of hydrogen-bond donors (Lipinski definition) is 1. The number of hydrogen-bond acceptors (Lipinski definition) is 4. The molecule has 0 radical (unpaired) electrons. The summed E-state index contributed by atoms with van der Waals surface area (Å²) in [7, 11) is 0. The Labute approximate surface area is 122 Å². The van der Waals surface area contributed by atoms with E-state index in [1.165, 1.54) is 16.8 Å². The first-order valence-corrected chi connectivity index (χ1v) is 6.55. The first-order valence-electron chi connectivity index (χ1n) is 5.75. The number of nitrogen functional groups attached to an aromatic ring is 1. The van der Waals surface area contributed by atoms with Crippen molar-refractivity contribution in [1.82, 2.24) is 20.2 Å². The molecule has 0 unspecified atom stereocenters. The van der Waals surface area contributed by atoms with Crippen LogP contribution in [0.2, 0.25) is 0 Å². The van der Waals surface area contributed by atoms with Crippen LogP contribution in [-0.2, 0) is 0 Å². The predicted molar refractivity (Wildman–Crippen MR) is 76.7 cm³/mol. The molecular weight excluding hydrogens is 325 g/mol. The zero-order valence-electron chi connectivity index (χ0n) is 10.2. The summed E-state index contributed by atoms with van der Waals surface area (Å²) < 4.78 is 15.5. The summed E-state index contributed by atoms with van der Waals surface area (Å²) in [6, 6.07) is 11.5. The maximum atomic E-state index is 13.3. The second-order valence-corrected chi connectivity index (χ2v) is 4.90. The van der Waals surface area contributed by atoms with E-state index < -0.39 is 0 Å². The second kappa shape index (κ2) is 5.01. The Bertz CT molecular complexity index is 771. The minimum atomic E-state index is -0.351. The highest BCUT2D eigenvalue weighted by Crippen LogP contribution is 2.31. The van der Waals surface area contributed by atoms with E-state index in [-0.39, 0.29) is 5.82 Å². The van der Waals surface area contributed by atoms with E-state index in [2.05, 4.69) is 31.5 Å². The lowest BCUT2D eigenvalue weighted by Crippen LogP contribution is -2.01. The molecule has 7 heteroatoms. The molecule has 0 spiro atoms. The molecule has 1 aromatic heterocycles. The highest BCUT2D eigenvalue weighted by atomic mass is 79.9. The standard InChI is InChI=1S/C13H9BrFN5/c14-12-10(5-2-6-11(12)16)13-17-18-19-20(13)9-4-1-3-8(15)7-9/h1-7H,16H2. The van der Waals surface area contributed by atoms with Crippen LogP contribution in [0.15, 0.2) is 46.9 Å². The second-order valence-electron chi connectivity index (χ2n) is 4.10. The fourth-order valence-electron chi connectivity index (χ4n) is 1.86. The summed E-state index contributed by atoms with van der Waals surface area (Å²) in [5, 5.41) is 11.5. The van der Waals surface area contributed by atoms with Crippen LogP contribution >= 0.6 is 15.9 Å². The monoisotopic (exact) mass is 333 g/mol. The third-order valence-electron chi connectivity index (χ3n) is 2.79. The van der Waals surface area contributed by atoms with Crippen molar-refractivity contribution in [2.24, 2.45) is 0 Å². The van der Waals surface area contributed by atoms with Gasteiger partial charge in [0.05, 0.1) is 10.2 Å². The minimum absolute atomic E-state index is 0.351. The molecule has 0 amide bonds. The van der Waals surface area contributed by atoms with Gasteiger partial charge in [-0.3, -0.25) is 0 Å². The van der Waals surface area contributed by atoms with Crippen LogP contribution in [0.5, 0.6) is 0 Å². The number of anilines is 1. The largest absolute Gasteiger partial charge is 0.398 e. The van der Waals surface area contributed by atoms with Crippen LogP contribution in [0.1, 0.15) is 0 Å². The highest BCUT2D eigenvalue weighted by Gasteiger charge is 2.15. The van der Waals surface area contributed by atoms with Crippen LogP contribution in [0.25, 0.3) is 17.1 Å². The van der Waals surface area contributed by atoms with Crippen molar-refractivity contribution < 1.29 is 4.39 Å². The van der Waals surface area contributed by atoms with E-state index in [1.807, 2.05) is 6.07 Å². The van der Waals surface area contributed by atoms with Crippen molar-refractivity contribution in [3.8, 4) is 17.1 Å². The molecule has 0 aliphatic carbocycles. The zero-order chi connectivity index (χ0) is 14.1. The van der Waals surface area contributed by atoms with Crippen LogP contribution in [0.3, 0.4) is 0 Å². The van der Waals surface area contributed by atoms with Crippen LogP contribution in [-0.4, -0.2) is 20.2 Å². The third kappa shape index (κ3) is 2.16. The smallest absolute Gasteiger partial charge is 0.188 e. The Balaban J connectivity index is 2.18. The molecule has 20 heavy (non-hydrogen) atoms. The molecule has 0 aliphatic rings. The molecule has 0 fully saturated rings. The number of rotatable bonds is 2. The average Bonchev–Trinajstić information content (AvgIpc) is 2.91. The molecule has 0 aliphatic heterocycles. The Kier molecular flexibility index (Phi) is 3.19. The highest BCUT2D eigenvalue weighted by molar-refractivity contribution is 9.10. The number of nitrogens with two attached hydrogens (primary N) is 1. The van der Waals surface area contributed by atoms with Gasteiger partial charge in [0, 0.05) is 11.3 Å². The molecule has 0 saturated heterocycles. The normalized spacial score (nSPS) is 10.7. The molecule has 0 saturated carbocycles. The van der Waals surface area contributed by atoms with Crippen molar-refractivity contribution in [3.05, 3.63) is 52.8 Å². The fraction of sp³-hybridized carbons (Fsp3) is 0. The summed E-state index contributed by atoms with van der Waals surface area (Å²) >= 11 is 3.41. The first-order chi connectivity index (χ1) is 9.66. The van der Waals surface area contributed by atoms with Gasteiger partial charge in [-0.2, -0.15) is 4.68 Å². The Morgan fingerprint density at radius 3 is 2.75 bits per heavy atom. The molecule has 2 aromatic carbocycles. The van der Waals surface area contributed by atoms with E-state index in [0.29, 0.717) is 21.7 Å². The summed E-state index contributed by atoms with van der Waals surface area (Å²) in [5.41, 5.74) is 7.71. The van der Waals surface area contributed by atoms with Gasteiger partial charge >= 0.3 is 0 Å². The molecule has 3 rings (SSSR count). The van der Waals surface area contributed by atoms with Crippen molar-refractivity contribution in [2.75, 3.05) is 5.73 Å². The van der Waals surface area contributed by atoms with Crippen LogP contribution in [0, 0.1) is 5.82 Å². The Morgan fingerprint density at radius 1 is 1.15 bits per heavy atom. The first kappa shape index (κ1) is 12.7. The lowest BCUT2D eigenvalue weighted by Gasteiger charge is -2.07. The number of tetrazole rings is 1. The molecule has 5 nitrogen and oxygen atoms in total. The van der Waals surface area contributed by atoms with E-state index in [1.54, 1.807) is 24.3 Å². The number of nitrogens with zero attached hydrogens (tertiary/aromatic N) is 4. The van der Waals surface area contributed by atoms with Gasteiger partial charge < -0.3 is 5.73 Å². The van der Waals surface area contributed by atoms with E-state index in [4.69, 9.17) is 5.73 Å². The molecule has 100 valence electrons. The molecule has 3 aromatic rings. The van der Waals surface area contributed by atoms with Gasteiger partial charge in [-0.25, -0.2) is 4.39 Å². The fourth-order valence-corrected chi connectivity index (χ4v) is 2.30. The summed E-state index contributed by atoms with van der Waals surface area (Å²) in [5.74, 6) is 0.130. The van der Waals surface area contributed by atoms with E-state index in [9.17, 15) is 4.39 Å².